The molecule has 0 aliphatic heterocycles. The predicted molar refractivity (Wildman–Crippen MR) is 107 cm³/mol. The van der Waals surface area contributed by atoms with Gasteiger partial charge in [-0.3, -0.25) is 9.78 Å². The minimum atomic E-state index is -4.44. The molecule has 1 amide bonds. The molecule has 4 rings (SSSR count). The van der Waals surface area contributed by atoms with Gasteiger partial charge in [-0.1, -0.05) is 43.2 Å². The number of pyridine rings is 1. The van der Waals surface area contributed by atoms with Crippen LogP contribution in [-0.4, -0.2) is 16.9 Å². The van der Waals surface area contributed by atoms with Crippen molar-refractivity contribution < 1.29 is 22.7 Å². The van der Waals surface area contributed by atoms with E-state index in [1.807, 2.05) is 30.3 Å². The Bertz CT molecular complexity index is 1040. The number of benzene rings is 2. The van der Waals surface area contributed by atoms with Gasteiger partial charge in [-0.05, 0) is 36.4 Å². The molecule has 1 aromatic heterocycles. The zero-order valence-electron chi connectivity index (χ0n) is 16.2. The van der Waals surface area contributed by atoms with Crippen molar-refractivity contribution in [2.45, 2.75) is 44.5 Å². The second-order valence-corrected chi connectivity index (χ2v) is 7.44. The number of nitrogens with zero attached hydrogens (tertiary/aromatic N) is 1. The summed E-state index contributed by atoms with van der Waals surface area (Å²) in [5.74, 6) is 0.202. The van der Waals surface area contributed by atoms with E-state index in [1.54, 1.807) is 6.07 Å². The molecule has 1 aliphatic carbocycles. The second kappa shape index (κ2) is 8.34. The SMILES string of the molecule is O=C(NC1CCCC1)c1ccc2ccccc2c1OCc1ccc(C(F)(F)F)cn1. The molecule has 0 saturated heterocycles. The Labute approximate surface area is 172 Å². The number of hydrogen-bond acceptors (Lipinski definition) is 3. The summed E-state index contributed by atoms with van der Waals surface area (Å²) in [5.41, 5.74) is -0.0568. The summed E-state index contributed by atoms with van der Waals surface area (Å²) in [6.07, 6.45) is 0.482. The normalized spacial score (nSPS) is 14.8. The molecule has 0 atom stereocenters. The van der Waals surface area contributed by atoms with E-state index in [4.69, 9.17) is 4.74 Å². The lowest BCUT2D eigenvalue weighted by Crippen LogP contribution is -2.32. The largest absolute Gasteiger partial charge is 0.486 e. The van der Waals surface area contributed by atoms with Gasteiger partial charge < -0.3 is 10.1 Å². The van der Waals surface area contributed by atoms with Crippen LogP contribution in [-0.2, 0) is 12.8 Å². The van der Waals surface area contributed by atoms with Gasteiger partial charge in [0.25, 0.3) is 5.91 Å². The molecule has 0 radical (unpaired) electrons. The van der Waals surface area contributed by atoms with Crippen molar-refractivity contribution >= 4 is 16.7 Å². The van der Waals surface area contributed by atoms with E-state index in [0.29, 0.717) is 17.0 Å². The van der Waals surface area contributed by atoms with Gasteiger partial charge in [0.1, 0.15) is 12.4 Å². The first-order valence-electron chi connectivity index (χ1n) is 9.89. The van der Waals surface area contributed by atoms with Gasteiger partial charge in [0.15, 0.2) is 0 Å². The summed E-state index contributed by atoms with van der Waals surface area (Å²) >= 11 is 0. The van der Waals surface area contributed by atoms with Gasteiger partial charge in [-0.25, -0.2) is 0 Å². The van der Waals surface area contributed by atoms with Crippen LogP contribution in [0.3, 0.4) is 0 Å². The fourth-order valence-corrected chi connectivity index (χ4v) is 3.73. The summed E-state index contributed by atoms with van der Waals surface area (Å²) in [6, 6.07) is 13.5. The zero-order chi connectivity index (χ0) is 21.1. The number of alkyl halides is 3. The van der Waals surface area contributed by atoms with Gasteiger partial charge in [0, 0.05) is 17.6 Å². The number of carbonyl (C=O) groups excluding carboxylic acids is 1. The first-order chi connectivity index (χ1) is 14.4. The van der Waals surface area contributed by atoms with E-state index in [2.05, 4.69) is 10.3 Å². The third-order valence-electron chi connectivity index (χ3n) is 5.33. The monoisotopic (exact) mass is 414 g/mol. The molecule has 0 spiro atoms. The third kappa shape index (κ3) is 4.40. The van der Waals surface area contributed by atoms with E-state index < -0.39 is 11.7 Å². The number of fused-ring (bicyclic) bond motifs is 1. The molecule has 1 fully saturated rings. The average molecular weight is 414 g/mol. The smallest absolute Gasteiger partial charge is 0.417 e. The van der Waals surface area contributed by atoms with Gasteiger partial charge >= 0.3 is 6.18 Å². The lowest BCUT2D eigenvalue weighted by atomic mass is 10.0. The van der Waals surface area contributed by atoms with E-state index in [-0.39, 0.29) is 18.6 Å². The average Bonchev–Trinajstić information content (AvgIpc) is 3.24. The molecule has 2 aromatic carbocycles. The fraction of sp³-hybridized carbons (Fsp3) is 0.304. The lowest BCUT2D eigenvalue weighted by molar-refractivity contribution is -0.137. The molecule has 1 heterocycles. The maximum atomic E-state index is 12.9. The third-order valence-corrected chi connectivity index (χ3v) is 5.33. The second-order valence-electron chi connectivity index (χ2n) is 7.44. The Morgan fingerprint density at radius 2 is 1.83 bits per heavy atom. The topological polar surface area (TPSA) is 51.2 Å². The number of halogens is 3. The first kappa shape index (κ1) is 20.2. The lowest BCUT2D eigenvalue weighted by Gasteiger charge is -2.17. The number of hydrogen-bond donors (Lipinski definition) is 1. The van der Waals surface area contributed by atoms with Gasteiger partial charge in [0.2, 0.25) is 0 Å². The summed E-state index contributed by atoms with van der Waals surface area (Å²) < 4.78 is 44.2. The van der Waals surface area contributed by atoms with Crippen molar-refractivity contribution in [2.75, 3.05) is 0 Å². The Balaban J connectivity index is 1.60. The van der Waals surface area contributed by atoms with Crippen LogP contribution in [0.2, 0.25) is 0 Å². The highest BCUT2D eigenvalue weighted by Crippen LogP contribution is 2.32. The summed E-state index contributed by atoms with van der Waals surface area (Å²) in [4.78, 5) is 16.8. The Hall–Kier alpha value is -3.09. The highest BCUT2D eigenvalue weighted by atomic mass is 19.4. The van der Waals surface area contributed by atoms with Crippen molar-refractivity contribution in [3.63, 3.8) is 0 Å². The van der Waals surface area contributed by atoms with Crippen molar-refractivity contribution in [2.24, 2.45) is 0 Å². The van der Waals surface area contributed by atoms with E-state index in [1.165, 1.54) is 6.07 Å². The number of rotatable bonds is 5. The first-order valence-corrected chi connectivity index (χ1v) is 9.89. The van der Waals surface area contributed by atoms with Crippen molar-refractivity contribution in [1.82, 2.24) is 10.3 Å². The van der Waals surface area contributed by atoms with E-state index >= 15 is 0 Å². The fourth-order valence-electron chi connectivity index (χ4n) is 3.73. The van der Waals surface area contributed by atoms with E-state index in [9.17, 15) is 18.0 Å². The molecule has 1 aliphatic rings. The maximum absolute atomic E-state index is 12.9. The summed E-state index contributed by atoms with van der Waals surface area (Å²) in [6.45, 7) is -0.0458. The molecule has 7 heteroatoms. The highest BCUT2D eigenvalue weighted by Gasteiger charge is 2.30. The number of aromatic nitrogens is 1. The van der Waals surface area contributed by atoms with Gasteiger partial charge in [-0.2, -0.15) is 13.2 Å². The number of ether oxygens (including phenoxy) is 1. The highest BCUT2D eigenvalue weighted by molar-refractivity contribution is 6.03. The molecule has 1 N–H and O–H groups in total. The zero-order valence-corrected chi connectivity index (χ0v) is 16.2. The molecule has 0 bridgehead atoms. The molecule has 30 heavy (non-hydrogen) atoms. The predicted octanol–water partition coefficient (Wildman–Crippen LogP) is 5.51. The summed E-state index contributed by atoms with van der Waals surface area (Å²) in [5, 5.41) is 4.74. The van der Waals surface area contributed by atoms with Crippen LogP contribution in [0.15, 0.2) is 54.7 Å². The van der Waals surface area contributed by atoms with Crippen molar-refractivity contribution in [1.29, 1.82) is 0 Å². The van der Waals surface area contributed by atoms with Crippen LogP contribution in [0.1, 0.15) is 47.3 Å². The van der Waals surface area contributed by atoms with Crippen LogP contribution in [0.4, 0.5) is 13.2 Å². The van der Waals surface area contributed by atoms with E-state index in [0.717, 1.165) is 48.7 Å². The van der Waals surface area contributed by atoms with Crippen molar-refractivity contribution in [3.05, 3.63) is 71.5 Å². The van der Waals surface area contributed by atoms with Crippen LogP contribution >= 0.6 is 0 Å². The summed E-state index contributed by atoms with van der Waals surface area (Å²) in [7, 11) is 0. The van der Waals surface area contributed by atoms with Crippen LogP contribution in [0.5, 0.6) is 5.75 Å². The number of nitrogens with one attached hydrogen (secondary N) is 1. The number of carbonyl (C=O) groups is 1. The maximum Gasteiger partial charge on any atom is 0.417 e. The molecular formula is C23H21F3N2O2. The van der Waals surface area contributed by atoms with Crippen molar-refractivity contribution in [3.8, 4) is 5.75 Å². The molecule has 4 nitrogen and oxygen atoms in total. The standard InChI is InChI=1S/C23H21F3N2O2/c24-23(25,26)16-10-11-18(27-13-16)14-30-21-19-8-4-1-5-15(19)9-12-20(21)22(29)28-17-6-2-3-7-17/h1,4-5,8-13,17H,2-3,6-7,14H2,(H,28,29). The Morgan fingerprint density at radius 1 is 1.07 bits per heavy atom. The van der Waals surface area contributed by atoms with Crippen LogP contribution < -0.4 is 10.1 Å². The molecule has 0 unspecified atom stereocenters. The molecule has 3 aromatic rings. The van der Waals surface area contributed by atoms with Crippen LogP contribution in [0, 0.1) is 0 Å². The minimum absolute atomic E-state index is 0.0458. The Morgan fingerprint density at radius 3 is 2.53 bits per heavy atom. The van der Waals surface area contributed by atoms with Gasteiger partial charge in [-0.15, -0.1) is 0 Å². The molecule has 156 valence electrons. The molecular weight excluding hydrogens is 393 g/mol. The van der Waals surface area contributed by atoms with Gasteiger partial charge in [0.05, 0.1) is 16.8 Å². The number of amides is 1. The Kier molecular flexibility index (Phi) is 5.61. The minimum Gasteiger partial charge on any atom is -0.486 e. The molecule has 1 saturated carbocycles. The quantitative estimate of drug-likeness (QED) is 0.599. The van der Waals surface area contributed by atoms with Crippen LogP contribution in [0.25, 0.3) is 10.8 Å².